The first kappa shape index (κ1) is 12.5. The van der Waals surface area contributed by atoms with Crippen molar-refractivity contribution in [1.29, 1.82) is 0 Å². The lowest BCUT2D eigenvalue weighted by molar-refractivity contribution is -0.900. The fraction of sp³-hybridized carbons (Fsp3) is 0.833. The number of quaternary nitrogens is 1. The number of hydrogen-bond acceptors (Lipinski definition) is 3. The van der Waals surface area contributed by atoms with Gasteiger partial charge in [-0.2, -0.15) is 5.10 Å². The van der Waals surface area contributed by atoms with Gasteiger partial charge in [-0.1, -0.05) is 6.42 Å². The van der Waals surface area contributed by atoms with E-state index >= 15 is 0 Å². The van der Waals surface area contributed by atoms with Crippen LogP contribution in [0.2, 0.25) is 0 Å². The molecule has 0 aromatic rings. The summed E-state index contributed by atoms with van der Waals surface area (Å²) >= 11 is 0. The number of nitrogens with zero attached hydrogens (tertiary/aromatic N) is 1. The molecule has 0 unspecified atom stereocenters. The van der Waals surface area contributed by atoms with Crippen molar-refractivity contribution in [2.24, 2.45) is 5.10 Å². The van der Waals surface area contributed by atoms with Gasteiger partial charge < -0.3 is 9.64 Å². The zero-order valence-electron chi connectivity index (χ0n) is 10.3. The first-order chi connectivity index (χ1) is 8.34. The van der Waals surface area contributed by atoms with Crippen molar-refractivity contribution in [3.8, 4) is 0 Å². The molecule has 0 bridgehead atoms. The molecule has 1 saturated heterocycles. The molecule has 5 nitrogen and oxygen atoms in total. The van der Waals surface area contributed by atoms with Gasteiger partial charge in [-0.05, 0) is 25.7 Å². The molecule has 17 heavy (non-hydrogen) atoms. The minimum Gasteiger partial charge on any atom is -0.370 e. The Morgan fingerprint density at radius 3 is 2.65 bits per heavy atom. The highest BCUT2D eigenvalue weighted by molar-refractivity contribution is 5.86. The third kappa shape index (κ3) is 4.44. The van der Waals surface area contributed by atoms with E-state index in [-0.39, 0.29) is 5.91 Å². The monoisotopic (exact) mass is 240 g/mol. The zero-order valence-corrected chi connectivity index (χ0v) is 10.3. The molecule has 0 atom stereocenters. The molecule has 1 heterocycles. The average Bonchev–Trinajstić information content (AvgIpc) is 2.39. The van der Waals surface area contributed by atoms with Crippen molar-refractivity contribution in [1.82, 2.24) is 5.43 Å². The minimum absolute atomic E-state index is 0.0278. The van der Waals surface area contributed by atoms with E-state index in [2.05, 4.69) is 10.5 Å². The Labute approximate surface area is 102 Å². The van der Waals surface area contributed by atoms with Crippen molar-refractivity contribution < 1.29 is 14.4 Å². The molecule has 2 rings (SSSR count). The summed E-state index contributed by atoms with van der Waals surface area (Å²) in [5.41, 5.74) is 3.84. The van der Waals surface area contributed by atoms with Crippen molar-refractivity contribution in [2.45, 2.75) is 32.1 Å². The summed E-state index contributed by atoms with van der Waals surface area (Å²) < 4.78 is 5.26. The molecule has 1 saturated carbocycles. The molecule has 1 aliphatic heterocycles. The number of carbonyl (C=O) groups is 1. The summed E-state index contributed by atoms with van der Waals surface area (Å²) in [6.07, 6.45) is 5.81. The smallest absolute Gasteiger partial charge is 0.295 e. The van der Waals surface area contributed by atoms with Crippen LogP contribution in [0, 0.1) is 0 Å². The molecule has 2 aliphatic rings. The number of amides is 1. The van der Waals surface area contributed by atoms with Crippen LogP contribution in [0.5, 0.6) is 0 Å². The van der Waals surface area contributed by atoms with Gasteiger partial charge >= 0.3 is 0 Å². The molecule has 2 fully saturated rings. The maximum Gasteiger partial charge on any atom is 0.295 e. The van der Waals surface area contributed by atoms with Gasteiger partial charge in [-0.3, -0.25) is 4.79 Å². The van der Waals surface area contributed by atoms with Gasteiger partial charge in [0.05, 0.1) is 13.2 Å². The Balaban J connectivity index is 1.69. The Hall–Kier alpha value is -0.940. The van der Waals surface area contributed by atoms with Gasteiger partial charge in [-0.15, -0.1) is 0 Å². The van der Waals surface area contributed by atoms with Crippen molar-refractivity contribution in [2.75, 3.05) is 32.8 Å². The number of nitrogens with one attached hydrogen (secondary N) is 2. The predicted octanol–water partition coefficient (Wildman–Crippen LogP) is -0.662. The Morgan fingerprint density at radius 1 is 1.24 bits per heavy atom. The summed E-state index contributed by atoms with van der Waals surface area (Å²) in [5.74, 6) is 0.0278. The topological polar surface area (TPSA) is 55.1 Å². The first-order valence-electron chi connectivity index (χ1n) is 6.60. The molecule has 0 aromatic heterocycles. The largest absolute Gasteiger partial charge is 0.370 e. The van der Waals surface area contributed by atoms with Crippen LogP contribution in [-0.2, 0) is 9.53 Å². The lowest BCUT2D eigenvalue weighted by Crippen LogP contribution is -3.15. The lowest BCUT2D eigenvalue weighted by Gasteiger charge is -2.22. The van der Waals surface area contributed by atoms with Crippen molar-refractivity contribution in [3.05, 3.63) is 0 Å². The second-order valence-corrected chi connectivity index (χ2v) is 4.81. The third-order valence-electron chi connectivity index (χ3n) is 3.38. The molecule has 0 radical (unpaired) electrons. The molecule has 96 valence electrons. The van der Waals surface area contributed by atoms with Crippen LogP contribution in [0.1, 0.15) is 32.1 Å². The molecule has 1 aliphatic carbocycles. The van der Waals surface area contributed by atoms with Gasteiger partial charge in [-0.25, -0.2) is 5.43 Å². The maximum absolute atomic E-state index is 11.7. The van der Waals surface area contributed by atoms with Gasteiger partial charge in [0.2, 0.25) is 0 Å². The zero-order chi connectivity index (χ0) is 11.9. The summed E-state index contributed by atoms with van der Waals surface area (Å²) in [4.78, 5) is 13.0. The van der Waals surface area contributed by atoms with Crippen LogP contribution in [0.15, 0.2) is 5.10 Å². The highest BCUT2D eigenvalue weighted by Gasteiger charge is 2.17. The fourth-order valence-electron chi connectivity index (χ4n) is 2.32. The summed E-state index contributed by atoms with van der Waals surface area (Å²) in [5, 5.41) is 4.22. The summed E-state index contributed by atoms with van der Waals surface area (Å²) in [6, 6.07) is 0. The summed E-state index contributed by atoms with van der Waals surface area (Å²) in [6.45, 7) is 3.88. The SMILES string of the molecule is O=C(C[NH+]1CCOCC1)NN=C1CCCCC1. The van der Waals surface area contributed by atoms with E-state index in [0.717, 1.165) is 44.9 Å². The van der Waals surface area contributed by atoms with Crippen LogP contribution in [0.3, 0.4) is 0 Å². The van der Waals surface area contributed by atoms with Gasteiger partial charge in [0.1, 0.15) is 13.1 Å². The van der Waals surface area contributed by atoms with E-state index in [4.69, 9.17) is 4.74 Å². The van der Waals surface area contributed by atoms with Crippen LogP contribution in [0.25, 0.3) is 0 Å². The standard InChI is InChI=1S/C12H21N3O2/c16-12(10-15-6-8-17-9-7-15)14-13-11-4-2-1-3-5-11/h1-10H2,(H,14,16)/p+1. The minimum atomic E-state index is 0.0278. The van der Waals surface area contributed by atoms with E-state index in [1.165, 1.54) is 24.2 Å². The van der Waals surface area contributed by atoms with E-state index < -0.39 is 0 Å². The number of morpholine rings is 1. The molecular weight excluding hydrogens is 218 g/mol. The highest BCUT2D eigenvalue weighted by atomic mass is 16.5. The Morgan fingerprint density at radius 2 is 1.94 bits per heavy atom. The molecule has 2 N–H and O–H groups in total. The van der Waals surface area contributed by atoms with Crippen molar-refractivity contribution >= 4 is 11.6 Å². The van der Waals surface area contributed by atoms with E-state index in [0.29, 0.717) is 6.54 Å². The number of carbonyl (C=O) groups excluding carboxylic acids is 1. The number of hydrogen-bond donors (Lipinski definition) is 2. The quantitative estimate of drug-likeness (QED) is 0.643. The Bertz CT molecular complexity index is 277. The van der Waals surface area contributed by atoms with Crippen LogP contribution >= 0.6 is 0 Å². The van der Waals surface area contributed by atoms with Crippen LogP contribution < -0.4 is 10.3 Å². The number of hydrazone groups is 1. The third-order valence-corrected chi connectivity index (χ3v) is 3.38. The normalized spacial score (nSPS) is 22.2. The fourth-order valence-corrected chi connectivity index (χ4v) is 2.32. The maximum atomic E-state index is 11.7. The van der Waals surface area contributed by atoms with E-state index in [1.807, 2.05) is 0 Å². The van der Waals surface area contributed by atoms with Gasteiger partial charge in [0, 0.05) is 5.71 Å². The van der Waals surface area contributed by atoms with Gasteiger partial charge in [0.15, 0.2) is 6.54 Å². The van der Waals surface area contributed by atoms with Crippen LogP contribution in [0.4, 0.5) is 0 Å². The molecule has 5 heteroatoms. The summed E-state index contributed by atoms with van der Waals surface area (Å²) in [7, 11) is 0. The highest BCUT2D eigenvalue weighted by Crippen LogP contribution is 2.13. The number of ether oxygens (including phenoxy) is 1. The number of rotatable bonds is 3. The molecule has 1 amide bonds. The lowest BCUT2D eigenvalue weighted by atomic mass is 9.99. The first-order valence-corrected chi connectivity index (χ1v) is 6.60. The van der Waals surface area contributed by atoms with Gasteiger partial charge in [0.25, 0.3) is 5.91 Å². The van der Waals surface area contributed by atoms with Crippen molar-refractivity contribution in [3.63, 3.8) is 0 Å². The second-order valence-electron chi connectivity index (χ2n) is 4.81. The molecule has 0 spiro atoms. The molecular formula is C12H22N3O2+. The van der Waals surface area contributed by atoms with Crippen LogP contribution in [-0.4, -0.2) is 44.5 Å². The predicted molar refractivity (Wildman–Crippen MR) is 65.0 cm³/mol. The molecule has 0 aromatic carbocycles. The Kier molecular flexibility index (Phi) is 4.94. The van der Waals surface area contributed by atoms with E-state index in [9.17, 15) is 4.79 Å². The second kappa shape index (κ2) is 6.71. The average molecular weight is 240 g/mol. The van der Waals surface area contributed by atoms with E-state index in [1.54, 1.807) is 0 Å².